The summed E-state index contributed by atoms with van der Waals surface area (Å²) in [5.74, 6) is 1.63. The fraction of sp³-hybridized carbons (Fsp3) is 0.200. The molecule has 1 aromatic heterocycles. The van der Waals surface area contributed by atoms with E-state index in [1.807, 2.05) is 30.5 Å². The molecule has 15 heavy (non-hydrogen) atoms. The minimum atomic E-state index is 0.784. The minimum absolute atomic E-state index is 0.784. The summed E-state index contributed by atoms with van der Waals surface area (Å²) < 4.78 is 10.4. The van der Waals surface area contributed by atoms with Crippen LogP contribution < -0.4 is 4.74 Å². The molecule has 0 aliphatic heterocycles. The van der Waals surface area contributed by atoms with E-state index in [0.29, 0.717) is 0 Å². The maximum absolute atomic E-state index is 5.09. The number of ether oxygens (including phenoxy) is 1. The molecule has 0 aliphatic rings. The minimum Gasteiger partial charge on any atom is -0.497 e. The predicted octanol–water partition coefficient (Wildman–Crippen LogP) is 2.94. The van der Waals surface area contributed by atoms with Gasteiger partial charge in [0.05, 0.1) is 7.11 Å². The summed E-state index contributed by atoms with van der Waals surface area (Å²) in [6.07, 6.45) is 2.00. The van der Waals surface area contributed by atoms with Crippen molar-refractivity contribution in [1.82, 2.24) is 9.36 Å². The molecule has 5 heteroatoms. The van der Waals surface area contributed by atoms with Crippen LogP contribution in [0.2, 0.25) is 0 Å². The molecule has 0 fully saturated rings. The predicted molar refractivity (Wildman–Crippen MR) is 63.7 cm³/mol. The normalized spacial score (nSPS) is 10.3. The van der Waals surface area contributed by atoms with Gasteiger partial charge in [-0.2, -0.15) is 4.37 Å². The zero-order valence-electron chi connectivity index (χ0n) is 8.43. The first-order valence-corrected chi connectivity index (χ1v) is 6.35. The Bertz CT molecular complexity index is 439. The van der Waals surface area contributed by atoms with Crippen LogP contribution in [0.1, 0.15) is 0 Å². The first-order valence-electron chi connectivity index (χ1n) is 4.35. The van der Waals surface area contributed by atoms with Crippen molar-refractivity contribution >= 4 is 23.3 Å². The van der Waals surface area contributed by atoms with Gasteiger partial charge in [0.25, 0.3) is 0 Å². The van der Waals surface area contributed by atoms with Crippen LogP contribution in [0.4, 0.5) is 0 Å². The lowest BCUT2D eigenvalue weighted by Crippen LogP contribution is -1.83. The van der Waals surface area contributed by atoms with Crippen molar-refractivity contribution in [3.05, 3.63) is 24.3 Å². The van der Waals surface area contributed by atoms with E-state index in [4.69, 9.17) is 4.74 Å². The summed E-state index contributed by atoms with van der Waals surface area (Å²) in [5, 5.41) is 0. The first-order chi connectivity index (χ1) is 7.33. The molecule has 0 amide bonds. The Labute approximate surface area is 96.7 Å². The summed E-state index contributed by atoms with van der Waals surface area (Å²) in [7, 11) is 1.65. The molecule has 78 valence electrons. The highest BCUT2D eigenvalue weighted by atomic mass is 32.2. The standard InChI is InChI=1S/C10H10N2OS2/c1-13-8-5-3-7(4-6-8)9-11-10(14-2)15-12-9/h3-6H,1-2H3. The van der Waals surface area contributed by atoms with Crippen LogP contribution in [-0.4, -0.2) is 22.7 Å². The molecule has 0 bridgehead atoms. The number of methoxy groups -OCH3 is 1. The van der Waals surface area contributed by atoms with Gasteiger partial charge >= 0.3 is 0 Å². The van der Waals surface area contributed by atoms with Gasteiger partial charge in [0.1, 0.15) is 5.75 Å². The maximum Gasteiger partial charge on any atom is 0.174 e. The van der Waals surface area contributed by atoms with Gasteiger partial charge < -0.3 is 4.74 Å². The van der Waals surface area contributed by atoms with E-state index < -0.39 is 0 Å². The van der Waals surface area contributed by atoms with Crippen LogP contribution in [0.25, 0.3) is 11.4 Å². The second-order valence-corrected chi connectivity index (χ2v) is 4.62. The molecule has 3 nitrogen and oxygen atoms in total. The first kappa shape index (κ1) is 10.4. The van der Waals surface area contributed by atoms with Crippen molar-refractivity contribution in [2.45, 2.75) is 4.34 Å². The molecule has 0 saturated carbocycles. The number of benzene rings is 1. The van der Waals surface area contributed by atoms with Crippen LogP contribution in [0.3, 0.4) is 0 Å². The number of rotatable bonds is 3. The summed E-state index contributed by atoms with van der Waals surface area (Å²) in [6, 6.07) is 7.75. The second kappa shape index (κ2) is 4.63. The molecule has 0 N–H and O–H groups in total. The number of aromatic nitrogens is 2. The van der Waals surface area contributed by atoms with Gasteiger partial charge in [0.2, 0.25) is 0 Å². The second-order valence-electron chi connectivity index (χ2n) is 2.82. The number of hydrogen-bond donors (Lipinski definition) is 0. The monoisotopic (exact) mass is 238 g/mol. The molecule has 0 saturated heterocycles. The summed E-state index contributed by atoms with van der Waals surface area (Å²) in [5.41, 5.74) is 1.02. The average molecular weight is 238 g/mol. The van der Waals surface area contributed by atoms with E-state index in [-0.39, 0.29) is 0 Å². The van der Waals surface area contributed by atoms with Gasteiger partial charge in [0, 0.05) is 5.56 Å². The summed E-state index contributed by atoms with van der Waals surface area (Å²) in [6.45, 7) is 0. The Balaban J connectivity index is 2.28. The Morgan fingerprint density at radius 3 is 2.53 bits per heavy atom. The fourth-order valence-electron chi connectivity index (χ4n) is 1.15. The van der Waals surface area contributed by atoms with E-state index >= 15 is 0 Å². The van der Waals surface area contributed by atoms with Gasteiger partial charge in [-0.05, 0) is 42.1 Å². The Morgan fingerprint density at radius 2 is 2.00 bits per heavy atom. The van der Waals surface area contributed by atoms with E-state index in [2.05, 4.69) is 9.36 Å². The molecule has 0 atom stereocenters. The van der Waals surface area contributed by atoms with Crippen molar-refractivity contribution in [2.24, 2.45) is 0 Å². The molecular formula is C10H10N2OS2. The van der Waals surface area contributed by atoms with Gasteiger partial charge in [-0.15, -0.1) is 0 Å². The molecule has 0 unspecified atom stereocenters. The Hall–Kier alpha value is -1.07. The zero-order chi connectivity index (χ0) is 10.7. The van der Waals surface area contributed by atoms with Crippen LogP contribution in [0.5, 0.6) is 5.75 Å². The van der Waals surface area contributed by atoms with Crippen molar-refractivity contribution in [1.29, 1.82) is 0 Å². The van der Waals surface area contributed by atoms with E-state index in [1.54, 1.807) is 18.9 Å². The number of hydrogen-bond acceptors (Lipinski definition) is 5. The lowest BCUT2D eigenvalue weighted by atomic mass is 10.2. The lowest BCUT2D eigenvalue weighted by Gasteiger charge is -1.99. The third-order valence-electron chi connectivity index (χ3n) is 1.93. The van der Waals surface area contributed by atoms with E-state index in [9.17, 15) is 0 Å². The molecule has 0 spiro atoms. The fourth-order valence-corrected chi connectivity index (χ4v) is 2.18. The molecule has 0 aliphatic carbocycles. The Morgan fingerprint density at radius 1 is 1.27 bits per heavy atom. The molecule has 1 heterocycles. The van der Waals surface area contributed by atoms with Gasteiger partial charge in [0.15, 0.2) is 10.2 Å². The average Bonchev–Trinajstić information content (AvgIpc) is 2.78. The molecular weight excluding hydrogens is 228 g/mol. The van der Waals surface area contributed by atoms with E-state index in [0.717, 1.165) is 21.5 Å². The molecule has 2 aromatic rings. The van der Waals surface area contributed by atoms with Crippen molar-refractivity contribution in [3.8, 4) is 17.1 Å². The molecule has 0 radical (unpaired) electrons. The maximum atomic E-state index is 5.09. The lowest BCUT2D eigenvalue weighted by molar-refractivity contribution is 0.415. The highest BCUT2D eigenvalue weighted by Crippen LogP contribution is 2.24. The topological polar surface area (TPSA) is 35.0 Å². The SMILES string of the molecule is COc1ccc(-c2nsc(SC)n2)cc1. The zero-order valence-corrected chi connectivity index (χ0v) is 10.1. The van der Waals surface area contributed by atoms with Crippen LogP contribution in [0.15, 0.2) is 28.6 Å². The van der Waals surface area contributed by atoms with Crippen LogP contribution in [-0.2, 0) is 0 Å². The van der Waals surface area contributed by atoms with Crippen molar-refractivity contribution in [2.75, 3.05) is 13.4 Å². The third kappa shape index (κ3) is 2.30. The number of nitrogens with zero attached hydrogens (tertiary/aromatic N) is 2. The summed E-state index contributed by atoms with van der Waals surface area (Å²) in [4.78, 5) is 4.38. The third-order valence-corrected chi connectivity index (χ3v) is 3.61. The molecule has 1 aromatic carbocycles. The van der Waals surface area contributed by atoms with Crippen LogP contribution in [0, 0.1) is 0 Å². The van der Waals surface area contributed by atoms with E-state index in [1.165, 1.54) is 11.5 Å². The van der Waals surface area contributed by atoms with Gasteiger partial charge in [-0.3, -0.25) is 0 Å². The summed E-state index contributed by atoms with van der Waals surface area (Å²) >= 11 is 3.04. The smallest absolute Gasteiger partial charge is 0.174 e. The highest BCUT2D eigenvalue weighted by Gasteiger charge is 2.05. The number of thioether (sulfide) groups is 1. The van der Waals surface area contributed by atoms with Crippen molar-refractivity contribution < 1.29 is 4.74 Å². The Kier molecular flexibility index (Phi) is 3.23. The van der Waals surface area contributed by atoms with Gasteiger partial charge in [-0.25, -0.2) is 4.98 Å². The molecule has 2 rings (SSSR count). The quantitative estimate of drug-likeness (QED) is 0.770. The van der Waals surface area contributed by atoms with Gasteiger partial charge in [-0.1, -0.05) is 11.8 Å². The van der Waals surface area contributed by atoms with Crippen molar-refractivity contribution in [3.63, 3.8) is 0 Å². The van der Waals surface area contributed by atoms with Crippen LogP contribution >= 0.6 is 23.3 Å². The largest absolute Gasteiger partial charge is 0.497 e. The highest BCUT2D eigenvalue weighted by molar-refractivity contribution is 8.00.